The Hall–Kier alpha value is -1.71. The molecule has 0 saturated carbocycles. The Morgan fingerprint density at radius 2 is 1.89 bits per heavy atom. The minimum atomic E-state index is -0.427. The first-order valence-corrected chi connectivity index (χ1v) is 10.2. The molecule has 1 saturated heterocycles. The van der Waals surface area contributed by atoms with Gasteiger partial charge in [-0.3, -0.25) is 4.79 Å². The van der Waals surface area contributed by atoms with Gasteiger partial charge in [-0.1, -0.05) is 42.8 Å². The first-order valence-electron chi connectivity index (χ1n) is 9.83. The molecule has 4 heteroatoms. The fourth-order valence-corrected chi connectivity index (χ4v) is 4.20. The SMILES string of the molecule is CCCN1CCC(Cc2cccc(CC(=O)c3ccc(F)cc3Cl)c2)CC1. The van der Waals surface area contributed by atoms with Crippen LogP contribution in [-0.2, 0) is 12.8 Å². The lowest BCUT2D eigenvalue weighted by Gasteiger charge is -2.31. The highest BCUT2D eigenvalue weighted by molar-refractivity contribution is 6.34. The lowest BCUT2D eigenvalue weighted by Crippen LogP contribution is -2.34. The van der Waals surface area contributed by atoms with Crippen molar-refractivity contribution in [1.29, 1.82) is 0 Å². The lowest BCUT2D eigenvalue weighted by molar-refractivity contribution is 0.0993. The third kappa shape index (κ3) is 5.63. The Kier molecular flexibility index (Phi) is 7.03. The van der Waals surface area contributed by atoms with Gasteiger partial charge in [0.1, 0.15) is 5.82 Å². The van der Waals surface area contributed by atoms with E-state index < -0.39 is 5.82 Å². The minimum absolute atomic E-state index is 0.0787. The molecule has 1 aliphatic heterocycles. The quantitative estimate of drug-likeness (QED) is 0.579. The maximum Gasteiger partial charge on any atom is 0.168 e. The summed E-state index contributed by atoms with van der Waals surface area (Å²) < 4.78 is 13.2. The molecule has 2 nitrogen and oxygen atoms in total. The van der Waals surface area contributed by atoms with E-state index in [1.165, 1.54) is 62.7 Å². The normalized spacial score (nSPS) is 15.8. The number of piperidine rings is 1. The fourth-order valence-electron chi connectivity index (χ4n) is 3.93. The summed E-state index contributed by atoms with van der Waals surface area (Å²) in [6, 6.07) is 12.2. The van der Waals surface area contributed by atoms with Gasteiger partial charge in [-0.05, 0) is 80.6 Å². The molecule has 2 aromatic rings. The van der Waals surface area contributed by atoms with E-state index in [-0.39, 0.29) is 17.2 Å². The fraction of sp³-hybridized carbons (Fsp3) is 0.435. The first-order chi connectivity index (χ1) is 13.0. The van der Waals surface area contributed by atoms with Gasteiger partial charge in [-0.25, -0.2) is 4.39 Å². The van der Waals surface area contributed by atoms with E-state index in [1.54, 1.807) is 0 Å². The molecule has 0 amide bonds. The van der Waals surface area contributed by atoms with Crippen LogP contribution in [0.1, 0.15) is 47.7 Å². The monoisotopic (exact) mass is 387 g/mol. The van der Waals surface area contributed by atoms with E-state index in [0.29, 0.717) is 5.56 Å². The number of hydrogen-bond donors (Lipinski definition) is 0. The number of Topliss-reactive ketones (excluding diaryl/α,β-unsaturated/α-hetero) is 1. The molecule has 0 unspecified atom stereocenters. The standard InChI is InChI=1S/C23H27ClFNO/c1-2-10-26-11-8-17(9-12-26)13-18-4-3-5-19(14-18)15-23(27)21-7-6-20(25)16-22(21)24/h3-7,14,16-17H,2,8-13,15H2,1H3. The van der Waals surface area contributed by atoms with Crippen LogP contribution in [0, 0.1) is 11.7 Å². The number of benzene rings is 2. The van der Waals surface area contributed by atoms with E-state index in [9.17, 15) is 9.18 Å². The van der Waals surface area contributed by atoms with Crippen molar-refractivity contribution in [3.8, 4) is 0 Å². The number of carbonyl (C=O) groups is 1. The van der Waals surface area contributed by atoms with Gasteiger partial charge < -0.3 is 4.90 Å². The Labute approximate surface area is 166 Å². The van der Waals surface area contributed by atoms with Gasteiger partial charge in [0, 0.05) is 12.0 Å². The van der Waals surface area contributed by atoms with E-state index >= 15 is 0 Å². The predicted molar refractivity (Wildman–Crippen MR) is 109 cm³/mol. The van der Waals surface area contributed by atoms with Crippen molar-refractivity contribution in [2.24, 2.45) is 5.92 Å². The molecule has 0 aliphatic carbocycles. The highest BCUT2D eigenvalue weighted by Gasteiger charge is 2.19. The molecule has 3 rings (SSSR count). The van der Waals surface area contributed by atoms with Crippen LogP contribution in [0.15, 0.2) is 42.5 Å². The molecule has 0 spiro atoms. The number of carbonyl (C=O) groups excluding carboxylic acids is 1. The summed E-state index contributed by atoms with van der Waals surface area (Å²) in [4.78, 5) is 15.1. The van der Waals surface area contributed by atoms with Gasteiger partial charge in [0.25, 0.3) is 0 Å². The summed E-state index contributed by atoms with van der Waals surface area (Å²) >= 11 is 6.02. The summed E-state index contributed by atoms with van der Waals surface area (Å²) in [6.07, 6.45) is 5.06. The van der Waals surface area contributed by atoms with Crippen LogP contribution < -0.4 is 0 Å². The van der Waals surface area contributed by atoms with Gasteiger partial charge in [0.15, 0.2) is 5.78 Å². The number of likely N-dealkylation sites (tertiary alicyclic amines) is 1. The van der Waals surface area contributed by atoms with E-state index in [2.05, 4.69) is 24.0 Å². The topological polar surface area (TPSA) is 20.3 Å². The zero-order valence-corrected chi connectivity index (χ0v) is 16.6. The van der Waals surface area contributed by atoms with Crippen LogP contribution in [-0.4, -0.2) is 30.3 Å². The first kappa shape index (κ1) is 20.0. The highest BCUT2D eigenvalue weighted by Crippen LogP contribution is 2.23. The summed E-state index contributed by atoms with van der Waals surface area (Å²) in [6.45, 7) is 5.83. The van der Waals surface area contributed by atoms with Crippen molar-refractivity contribution in [2.75, 3.05) is 19.6 Å². The van der Waals surface area contributed by atoms with E-state index in [0.717, 1.165) is 17.9 Å². The number of rotatable bonds is 7. The van der Waals surface area contributed by atoms with Crippen molar-refractivity contribution in [3.63, 3.8) is 0 Å². The third-order valence-electron chi connectivity index (χ3n) is 5.36. The predicted octanol–water partition coefficient (Wildman–Crippen LogP) is 5.57. The van der Waals surface area contributed by atoms with Crippen molar-refractivity contribution in [2.45, 2.75) is 39.0 Å². The Bertz CT molecular complexity index is 784. The van der Waals surface area contributed by atoms with Gasteiger partial charge >= 0.3 is 0 Å². The summed E-state index contributed by atoms with van der Waals surface area (Å²) in [5, 5.41) is 0.176. The van der Waals surface area contributed by atoms with Crippen LogP contribution in [0.5, 0.6) is 0 Å². The summed E-state index contributed by atoms with van der Waals surface area (Å²) in [5.41, 5.74) is 2.66. The number of ketones is 1. The van der Waals surface area contributed by atoms with Gasteiger partial charge in [0.05, 0.1) is 5.02 Å². The molecule has 0 atom stereocenters. The molecule has 1 aliphatic rings. The molecule has 1 heterocycles. The molecule has 1 fully saturated rings. The molecular weight excluding hydrogens is 361 g/mol. The average molecular weight is 388 g/mol. The Balaban J connectivity index is 1.60. The maximum absolute atomic E-state index is 13.2. The van der Waals surface area contributed by atoms with Crippen LogP contribution in [0.4, 0.5) is 4.39 Å². The van der Waals surface area contributed by atoms with Gasteiger partial charge in [-0.2, -0.15) is 0 Å². The molecular formula is C23H27ClFNO. The summed E-state index contributed by atoms with van der Waals surface area (Å²) in [7, 11) is 0. The average Bonchev–Trinajstić information content (AvgIpc) is 2.64. The van der Waals surface area contributed by atoms with Gasteiger partial charge in [0.2, 0.25) is 0 Å². The van der Waals surface area contributed by atoms with Crippen molar-refractivity contribution in [3.05, 3.63) is 70.0 Å². The maximum atomic E-state index is 13.2. The van der Waals surface area contributed by atoms with E-state index in [4.69, 9.17) is 11.6 Å². The second-order valence-electron chi connectivity index (χ2n) is 7.53. The van der Waals surface area contributed by atoms with Crippen molar-refractivity contribution >= 4 is 17.4 Å². The highest BCUT2D eigenvalue weighted by atomic mass is 35.5. The number of halogens is 2. The van der Waals surface area contributed by atoms with Crippen LogP contribution in [0.2, 0.25) is 5.02 Å². The Morgan fingerprint density at radius 3 is 2.59 bits per heavy atom. The largest absolute Gasteiger partial charge is 0.303 e. The summed E-state index contributed by atoms with van der Waals surface area (Å²) in [5.74, 6) is 0.212. The molecule has 0 radical (unpaired) electrons. The van der Waals surface area contributed by atoms with Crippen LogP contribution >= 0.6 is 11.6 Å². The molecule has 0 aromatic heterocycles. The second-order valence-corrected chi connectivity index (χ2v) is 7.94. The van der Waals surface area contributed by atoms with Crippen molar-refractivity contribution < 1.29 is 9.18 Å². The van der Waals surface area contributed by atoms with E-state index in [1.807, 2.05) is 12.1 Å². The number of nitrogens with zero attached hydrogens (tertiary/aromatic N) is 1. The second kappa shape index (κ2) is 9.48. The zero-order chi connectivity index (χ0) is 19.2. The molecule has 0 N–H and O–H groups in total. The Morgan fingerprint density at radius 1 is 1.15 bits per heavy atom. The zero-order valence-electron chi connectivity index (χ0n) is 15.9. The number of hydrogen-bond acceptors (Lipinski definition) is 2. The molecule has 0 bridgehead atoms. The van der Waals surface area contributed by atoms with Crippen molar-refractivity contribution in [1.82, 2.24) is 4.90 Å². The molecule has 27 heavy (non-hydrogen) atoms. The minimum Gasteiger partial charge on any atom is -0.303 e. The smallest absolute Gasteiger partial charge is 0.168 e. The molecule has 144 valence electrons. The van der Waals surface area contributed by atoms with Crippen LogP contribution in [0.25, 0.3) is 0 Å². The third-order valence-corrected chi connectivity index (χ3v) is 5.67. The lowest BCUT2D eigenvalue weighted by atomic mass is 9.89. The molecule has 2 aromatic carbocycles. The van der Waals surface area contributed by atoms with Gasteiger partial charge in [-0.15, -0.1) is 0 Å². The van der Waals surface area contributed by atoms with Crippen LogP contribution in [0.3, 0.4) is 0 Å².